The fourth-order valence-electron chi connectivity index (χ4n) is 6.11. The van der Waals surface area contributed by atoms with E-state index in [4.69, 9.17) is 0 Å². The van der Waals surface area contributed by atoms with Gasteiger partial charge in [-0.25, -0.2) is 0 Å². The number of rotatable bonds is 1. The van der Waals surface area contributed by atoms with Crippen LogP contribution < -0.4 is 0 Å². The Hall–Kier alpha value is -0.340. The molecule has 22 heavy (non-hydrogen) atoms. The van der Waals surface area contributed by atoms with Crippen molar-refractivity contribution in [2.45, 2.75) is 83.8 Å². The molecule has 3 aliphatic carbocycles. The SMILES string of the molecule is C=C1CC[C@H]2[C@@](C)(CC[C@]2(O)C(C)C)C[C@@H]2[C@@H]1CC[C@@]2(C)O. The summed E-state index contributed by atoms with van der Waals surface area (Å²) in [5.74, 6) is 1.45. The lowest BCUT2D eigenvalue weighted by atomic mass is 9.61. The van der Waals surface area contributed by atoms with Crippen LogP contribution in [0.3, 0.4) is 0 Å². The van der Waals surface area contributed by atoms with Gasteiger partial charge in [-0.3, -0.25) is 0 Å². The average molecular weight is 306 g/mol. The Bertz CT molecular complexity index is 466. The van der Waals surface area contributed by atoms with Crippen molar-refractivity contribution in [3.63, 3.8) is 0 Å². The third kappa shape index (κ3) is 2.29. The zero-order chi connectivity index (χ0) is 16.3. The summed E-state index contributed by atoms with van der Waals surface area (Å²) in [4.78, 5) is 0. The highest BCUT2D eigenvalue weighted by Gasteiger charge is 2.58. The summed E-state index contributed by atoms with van der Waals surface area (Å²) in [6, 6.07) is 0. The maximum Gasteiger partial charge on any atom is 0.0704 e. The molecule has 2 heteroatoms. The summed E-state index contributed by atoms with van der Waals surface area (Å²) in [6.07, 6.45) is 7.13. The van der Waals surface area contributed by atoms with Crippen LogP contribution in [0, 0.1) is 29.1 Å². The molecule has 3 fully saturated rings. The van der Waals surface area contributed by atoms with Gasteiger partial charge in [0.15, 0.2) is 0 Å². The molecule has 0 bridgehead atoms. The van der Waals surface area contributed by atoms with Gasteiger partial charge in [0.2, 0.25) is 0 Å². The fourth-order valence-corrected chi connectivity index (χ4v) is 6.11. The van der Waals surface area contributed by atoms with E-state index >= 15 is 0 Å². The molecule has 0 spiro atoms. The van der Waals surface area contributed by atoms with Gasteiger partial charge in [-0.05, 0) is 81.0 Å². The van der Waals surface area contributed by atoms with Gasteiger partial charge < -0.3 is 10.2 Å². The second kappa shape index (κ2) is 5.08. The van der Waals surface area contributed by atoms with Gasteiger partial charge in [-0.1, -0.05) is 32.9 Å². The molecule has 3 aliphatic rings. The lowest BCUT2D eigenvalue weighted by Gasteiger charge is -2.46. The Morgan fingerprint density at radius 1 is 1.09 bits per heavy atom. The molecule has 0 aromatic carbocycles. The minimum atomic E-state index is -0.558. The van der Waals surface area contributed by atoms with E-state index in [-0.39, 0.29) is 5.41 Å². The lowest BCUT2D eigenvalue weighted by Crippen LogP contribution is -2.46. The van der Waals surface area contributed by atoms with Crippen molar-refractivity contribution in [3.05, 3.63) is 12.2 Å². The van der Waals surface area contributed by atoms with Crippen LogP contribution in [0.25, 0.3) is 0 Å². The van der Waals surface area contributed by atoms with Gasteiger partial charge >= 0.3 is 0 Å². The molecular weight excluding hydrogens is 272 g/mol. The summed E-state index contributed by atoms with van der Waals surface area (Å²) in [7, 11) is 0. The highest BCUT2D eigenvalue weighted by Crippen LogP contribution is 2.61. The van der Waals surface area contributed by atoms with Crippen LogP contribution in [0.5, 0.6) is 0 Å². The highest BCUT2D eigenvalue weighted by molar-refractivity contribution is 5.16. The molecule has 0 saturated heterocycles. The van der Waals surface area contributed by atoms with Crippen LogP contribution >= 0.6 is 0 Å². The smallest absolute Gasteiger partial charge is 0.0704 e. The number of aliphatic hydroxyl groups is 2. The van der Waals surface area contributed by atoms with Crippen LogP contribution in [-0.4, -0.2) is 21.4 Å². The number of fused-ring (bicyclic) bond motifs is 2. The largest absolute Gasteiger partial charge is 0.390 e. The Balaban J connectivity index is 1.96. The van der Waals surface area contributed by atoms with E-state index in [0.29, 0.717) is 23.7 Å². The Kier molecular flexibility index (Phi) is 3.81. The normalized spacial score (nSPS) is 52.3. The first kappa shape index (κ1) is 16.5. The maximum absolute atomic E-state index is 11.3. The highest BCUT2D eigenvalue weighted by atomic mass is 16.3. The van der Waals surface area contributed by atoms with Gasteiger partial charge in [-0.2, -0.15) is 0 Å². The van der Waals surface area contributed by atoms with Crippen LogP contribution in [0.2, 0.25) is 0 Å². The van der Waals surface area contributed by atoms with Crippen LogP contribution in [0.1, 0.15) is 72.6 Å². The van der Waals surface area contributed by atoms with Crippen molar-refractivity contribution >= 4 is 0 Å². The third-order valence-electron chi connectivity index (χ3n) is 7.75. The van der Waals surface area contributed by atoms with Crippen molar-refractivity contribution in [2.75, 3.05) is 0 Å². The second-order valence-corrected chi connectivity index (χ2v) is 9.36. The molecule has 3 saturated carbocycles. The first-order chi connectivity index (χ1) is 10.1. The van der Waals surface area contributed by atoms with E-state index in [1.165, 1.54) is 5.57 Å². The Morgan fingerprint density at radius 2 is 1.77 bits per heavy atom. The van der Waals surface area contributed by atoms with Gasteiger partial charge in [0.25, 0.3) is 0 Å². The zero-order valence-electron chi connectivity index (χ0n) is 14.9. The second-order valence-electron chi connectivity index (χ2n) is 9.36. The topological polar surface area (TPSA) is 40.5 Å². The van der Waals surface area contributed by atoms with Crippen molar-refractivity contribution in [1.82, 2.24) is 0 Å². The minimum Gasteiger partial charge on any atom is -0.390 e. The van der Waals surface area contributed by atoms with Gasteiger partial charge in [0.1, 0.15) is 0 Å². The van der Waals surface area contributed by atoms with Crippen molar-refractivity contribution in [3.8, 4) is 0 Å². The van der Waals surface area contributed by atoms with Gasteiger partial charge in [0.05, 0.1) is 11.2 Å². The molecule has 0 radical (unpaired) electrons. The number of hydrogen-bond acceptors (Lipinski definition) is 2. The van der Waals surface area contributed by atoms with E-state index in [1.807, 2.05) is 6.92 Å². The molecule has 0 aromatic rings. The standard InChI is InChI=1S/C20H34O2/c1-13(2)20(22)11-10-18(4)12-16-15(8-9-19(16,5)21)14(3)6-7-17(18)20/h13,15-17,21-22H,3,6-12H2,1-2,4-5H3/t15-,16-,17+,18+,19-,20+/m1/s1. The van der Waals surface area contributed by atoms with E-state index in [9.17, 15) is 10.2 Å². The number of allylic oxidation sites excluding steroid dienone is 1. The summed E-state index contributed by atoms with van der Waals surface area (Å²) >= 11 is 0. The number of hydrogen-bond donors (Lipinski definition) is 2. The van der Waals surface area contributed by atoms with Gasteiger partial charge in [-0.15, -0.1) is 0 Å². The molecule has 3 rings (SSSR count). The molecule has 0 aromatic heterocycles. The Morgan fingerprint density at radius 3 is 2.41 bits per heavy atom. The first-order valence-corrected chi connectivity index (χ1v) is 9.22. The predicted octanol–water partition coefficient (Wildman–Crippen LogP) is 4.31. The molecule has 6 atom stereocenters. The molecule has 0 unspecified atom stereocenters. The van der Waals surface area contributed by atoms with Crippen LogP contribution in [0.4, 0.5) is 0 Å². The van der Waals surface area contributed by atoms with Crippen molar-refractivity contribution in [2.24, 2.45) is 29.1 Å². The lowest BCUT2D eigenvalue weighted by molar-refractivity contribution is -0.0815. The van der Waals surface area contributed by atoms with Crippen molar-refractivity contribution in [1.29, 1.82) is 0 Å². The molecule has 126 valence electrons. The first-order valence-electron chi connectivity index (χ1n) is 9.22. The summed E-state index contributed by atoms with van der Waals surface area (Å²) in [5.41, 5.74) is 0.392. The molecule has 2 nitrogen and oxygen atoms in total. The van der Waals surface area contributed by atoms with Crippen LogP contribution in [0.15, 0.2) is 12.2 Å². The predicted molar refractivity (Wildman–Crippen MR) is 90.4 cm³/mol. The fraction of sp³-hybridized carbons (Fsp3) is 0.900. The van der Waals surface area contributed by atoms with Crippen molar-refractivity contribution < 1.29 is 10.2 Å². The molecule has 0 heterocycles. The molecule has 0 aliphatic heterocycles. The molecular formula is C20H34O2. The maximum atomic E-state index is 11.3. The van der Waals surface area contributed by atoms with E-state index in [1.54, 1.807) is 0 Å². The summed E-state index contributed by atoms with van der Waals surface area (Å²) in [6.45, 7) is 13.1. The van der Waals surface area contributed by atoms with E-state index in [2.05, 4.69) is 27.4 Å². The third-order valence-corrected chi connectivity index (χ3v) is 7.75. The molecule has 2 N–H and O–H groups in total. The monoisotopic (exact) mass is 306 g/mol. The average Bonchev–Trinajstić information content (AvgIpc) is 2.83. The quantitative estimate of drug-likeness (QED) is 0.709. The van der Waals surface area contributed by atoms with Crippen LogP contribution in [-0.2, 0) is 0 Å². The van der Waals surface area contributed by atoms with E-state index in [0.717, 1.165) is 44.9 Å². The minimum absolute atomic E-state index is 0.164. The molecule has 0 amide bonds. The summed E-state index contributed by atoms with van der Waals surface area (Å²) in [5, 5.41) is 22.2. The zero-order valence-corrected chi connectivity index (χ0v) is 14.9. The van der Waals surface area contributed by atoms with Gasteiger partial charge in [0, 0.05) is 0 Å². The summed E-state index contributed by atoms with van der Waals surface area (Å²) < 4.78 is 0. The Labute approximate surface area is 136 Å². The van der Waals surface area contributed by atoms with E-state index < -0.39 is 11.2 Å².